The van der Waals surface area contributed by atoms with E-state index in [-0.39, 0.29) is 11.7 Å². The summed E-state index contributed by atoms with van der Waals surface area (Å²) in [5, 5.41) is 13.0. The summed E-state index contributed by atoms with van der Waals surface area (Å²) in [5.74, 6) is 1.22. The lowest BCUT2D eigenvalue weighted by atomic mass is 10.1. The van der Waals surface area contributed by atoms with Gasteiger partial charge in [0.2, 0.25) is 5.91 Å². The summed E-state index contributed by atoms with van der Waals surface area (Å²) >= 11 is 13.5. The van der Waals surface area contributed by atoms with Crippen LogP contribution in [-0.2, 0) is 18.3 Å². The number of benzene rings is 2. The largest absolute Gasteiger partial charge is 0.481 e. The molecular formula is C21H22Cl2N4O2S. The molecule has 0 fully saturated rings. The molecule has 9 heteroatoms. The first kappa shape index (κ1) is 22.5. The van der Waals surface area contributed by atoms with E-state index in [0.717, 1.165) is 17.7 Å². The summed E-state index contributed by atoms with van der Waals surface area (Å²) in [6, 6.07) is 12.8. The van der Waals surface area contributed by atoms with Crippen molar-refractivity contribution >= 4 is 46.6 Å². The molecule has 1 heterocycles. The van der Waals surface area contributed by atoms with E-state index in [1.165, 1.54) is 11.8 Å². The van der Waals surface area contributed by atoms with Gasteiger partial charge >= 0.3 is 0 Å². The van der Waals surface area contributed by atoms with Gasteiger partial charge < -0.3 is 14.6 Å². The molecule has 1 amide bonds. The molecule has 3 rings (SSSR count). The molecule has 0 aliphatic rings. The van der Waals surface area contributed by atoms with E-state index in [1.54, 1.807) is 22.8 Å². The Balaban J connectivity index is 1.62. The van der Waals surface area contributed by atoms with E-state index >= 15 is 0 Å². The lowest BCUT2D eigenvalue weighted by Gasteiger charge is -2.15. The fourth-order valence-corrected chi connectivity index (χ4v) is 3.93. The van der Waals surface area contributed by atoms with Crippen molar-refractivity contribution in [2.75, 3.05) is 11.1 Å². The highest BCUT2D eigenvalue weighted by molar-refractivity contribution is 7.99. The van der Waals surface area contributed by atoms with Crippen molar-refractivity contribution in [3.63, 3.8) is 0 Å². The number of carbonyl (C=O) groups excluding carboxylic acids is 1. The van der Waals surface area contributed by atoms with Crippen molar-refractivity contribution in [1.82, 2.24) is 14.8 Å². The van der Waals surface area contributed by atoms with Crippen LogP contribution in [0.2, 0.25) is 10.0 Å². The molecule has 30 heavy (non-hydrogen) atoms. The Morgan fingerprint density at radius 2 is 2.00 bits per heavy atom. The number of aryl methyl sites for hydroxylation is 1. The number of para-hydroxylation sites is 1. The third kappa shape index (κ3) is 5.47. The van der Waals surface area contributed by atoms with Crippen molar-refractivity contribution in [2.45, 2.75) is 31.5 Å². The summed E-state index contributed by atoms with van der Waals surface area (Å²) in [4.78, 5) is 12.4. The number of amides is 1. The fourth-order valence-electron chi connectivity index (χ4n) is 2.88. The number of carbonyl (C=O) groups is 1. The Morgan fingerprint density at radius 3 is 2.77 bits per heavy atom. The van der Waals surface area contributed by atoms with Crippen LogP contribution in [0.3, 0.4) is 0 Å². The molecule has 0 aliphatic carbocycles. The van der Waals surface area contributed by atoms with Crippen molar-refractivity contribution < 1.29 is 9.53 Å². The Hall–Kier alpha value is -2.22. The van der Waals surface area contributed by atoms with Crippen LogP contribution < -0.4 is 10.1 Å². The Kier molecular flexibility index (Phi) is 7.64. The van der Waals surface area contributed by atoms with Crippen LogP contribution >= 0.6 is 35.0 Å². The molecule has 1 atom stereocenters. The van der Waals surface area contributed by atoms with E-state index < -0.39 is 6.10 Å². The SMILES string of the molecule is CCc1ccccc1NC(=O)CSc1nnc(C(C)Oc2cc(Cl)ccc2Cl)n1C. The lowest BCUT2D eigenvalue weighted by Crippen LogP contribution is -2.16. The maximum atomic E-state index is 12.4. The summed E-state index contributed by atoms with van der Waals surface area (Å²) in [5.41, 5.74) is 1.94. The van der Waals surface area contributed by atoms with E-state index in [1.807, 2.05) is 38.2 Å². The van der Waals surface area contributed by atoms with Crippen molar-refractivity contribution in [3.8, 4) is 5.75 Å². The molecule has 158 valence electrons. The Labute approximate surface area is 189 Å². The number of hydrogen-bond acceptors (Lipinski definition) is 5. The number of halogens is 2. The third-order valence-electron chi connectivity index (χ3n) is 4.43. The fraction of sp³-hybridized carbons (Fsp3) is 0.286. The Morgan fingerprint density at radius 1 is 1.23 bits per heavy atom. The summed E-state index contributed by atoms with van der Waals surface area (Å²) in [7, 11) is 1.83. The van der Waals surface area contributed by atoms with E-state index in [9.17, 15) is 4.79 Å². The van der Waals surface area contributed by atoms with E-state index in [4.69, 9.17) is 27.9 Å². The summed E-state index contributed by atoms with van der Waals surface area (Å²) in [6.45, 7) is 3.91. The molecule has 1 aromatic heterocycles. The maximum Gasteiger partial charge on any atom is 0.234 e. The molecule has 0 saturated carbocycles. The zero-order valence-corrected chi connectivity index (χ0v) is 19.2. The predicted molar refractivity (Wildman–Crippen MR) is 122 cm³/mol. The van der Waals surface area contributed by atoms with Gasteiger partial charge in [-0.05, 0) is 37.1 Å². The summed E-state index contributed by atoms with van der Waals surface area (Å²) < 4.78 is 7.71. The van der Waals surface area contributed by atoms with Gasteiger partial charge in [0.1, 0.15) is 5.75 Å². The smallest absolute Gasteiger partial charge is 0.234 e. The second kappa shape index (κ2) is 10.2. The van der Waals surface area contributed by atoms with Gasteiger partial charge in [0.25, 0.3) is 0 Å². The first-order valence-corrected chi connectivity index (χ1v) is 11.1. The van der Waals surface area contributed by atoms with Crippen LogP contribution in [0.1, 0.15) is 31.3 Å². The Bertz CT molecular complexity index is 1040. The minimum absolute atomic E-state index is 0.0968. The molecular weight excluding hydrogens is 443 g/mol. The number of nitrogens with one attached hydrogen (secondary N) is 1. The second-order valence-corrected chi connectivity index (χ2v) is 8.37. The van der Waals surface area contributed by atoms with Crippen molar-refractivity contribution in [1.29, 1.82) is 0 Å². The molecule has 1 N–H and O–H groups in total. The molecule has 0 aliphatic heterocycles. The van der Waals surface area contributed by atoms with Crippen LogP contribution in [0.5, 0.6) is 5.75 Å². The first-order chi connectivity index (χ1) is 14.4. The maximum absolute atomic E-state index is 12.4. The highest BCUT2D eigenvalue weighted by atomic mass is 35.5. The van der Waals surface area contributed by atoms with Gasteiger partial charge in [-0.15, -0.1) is 10.2 Å². The highest BCUT2D eigenvalue weighted by Gasteiger charge is 2.19. The molecule has 0 radical (unpaired) electrons. The standard InChI is InChI=1S/C21H22Cl2N4O2S/c1-4-14-7-5-6-8-17(14)24-19(28)12-30-21-26-25-20(27(21)3)13(2)29-18-11-15(22)9-10-16(18)23/h5-11,13H,4,12H2,1-3H3,(H,24,28). The average Bonchev–Trinajstić information content (AvgIpc) is 3.10. The zero-order valence-electron chi connectivity index (χ0n) is 16.9. The second-order valence-electron chi connectivity index (χ2n) is 6.58. The van der Waals surface area contributed by atoms with Crippen molar-refractivity contribution in [2.24, 2.45) is 7.05 Å². The van der Waals surface area contributed by atoms with Gasteiger partial charge in [0.05, 0.1) is 10.8 Å². The summed E-state index contributed by atoms with van der Waals surface area (Å²) in [6.07, 6.45) is 0.447. The monoisotopic (exact) mass is 464 g/mol. The van der Waals surface area contributed by atoms with Crippen LogP contribution in [0.15, 0.2) is 47.6 Å². The highest BCUT2D eigenvalue weighted by Crippen LogP contribution is 2.31. The van der Waals surface area contributed by atoms with Gasteiger partial charge in [-0.25, -0.2) is 0 Å². The van der Waals surface area contributed by atoms with Gasteiger partial charge in [-0.3, -0.25) is 4.79 Å². The van der Waals surface area contributed by atoms with Gasteiger partial charge in [-0.1, -0.05) is 60.1 Å². The van der Waals surface area contributed by atoms with Crippen molar-refractivity contribution in [3.05, 3.63) is 63.9 Å². The third-order valence-corrected chi connectivity index (χ3v) is 6.00. The number of aromatic nitrogens is 3. The number of rotatable bonds is 8. The normalized spacial score (nSPS) is 11.9. The minimum atomic E-state index is -0.405. The molecule has 0 spiro atoms. The van der Waals surface area contributed by atoms with Gasteiger partial charge in [0.15, 0.2) is 17.1 Å². The average molecular weight is 465 g/mol. The van der Waals surface area contributed by atoms with Crippen LogP contribution in [-0.4, -0.2) is 26.4 Å². The molecule has 2 aromatic carbocycles. The molecule has 0 saturated heterocycles. The number of thioether (sulfide) groups is 1. The van der Waals surface area contributed by atoms with Crippen LogP contribution in [0.4, 0.5) is 5.69 Å². The molecule has 3 aromatic rings. The van der Waals surface area contributed by atoms with E-state index in [2.05, 4.69) is 22.4 Å². The minimum Gasteiger partial charge on any atom is -0.481 e. The van der Waals surface area contributed by atoms with E-state index in [0.29, 0.717) is 26.8 Å². The number of anilines is 1. The van der Waals surface area contributed by atoms with Gasteiger partial charge in [0, 0.05) is 23.8 Å². The lowest BCUT2D eigenvalue weighted by molar-refractivity contribution is -0.113. The molecule has 6 nitrogen and oxygen atoms in total. The molecule has 1 unspecified atom stereocenters. The number of hydrogen-bond donors (Lipinski definition) is 1. The zero-order chi connectivity index (χ0) is 21.7. The first-order valence-electron chi connectivity index (χ1n) is 9.40. The van der Waals surface area contributed by atoms with Gasteiger partial charge in [-0.2, -0.15) is 0 Å². The quantitative estimate of drug-likeness (QED) is 0.442. The predicted octanol–water partition coefficient (Wildman–Crippen LogP) is 5.56. The topological polar surface area (TPSA) is 69.0 Å². The molecule has 0 bridgehead atoms. The number of ether oxygens (including phenoxy) is 1. The number of nitrogens with zero attached hydrogens (tertiary/aromatic N) is 3. The van der Waals surface area contributed by atoms with Crippen LogP contribution in [0.25, 0.3) is 0 Å². The van der Waals surface area contributed by atoms with Crippen LogP contribution in [0, 0.1) is 0 Å².